The topological polar surface area (TPSA) is 54.4 Å². The Hall–Kier alpha value is -1.64. The fourth-order valence-corrected chi connectivity index (χ4v) is 2.55. The van der Waals surface area contributed by atoms with Crippen molar-refractivity contribution in [3.05, 3.63) is 35.9 Å². The molecule has 0 aliphatic heterocycles. The van der Waals surface area contributed by atoms with E-state index in [1.54, 1.807) is 0 Å². The third kappa shape index (κ3) is 2.93. The van der Waals surface area contributed by atoms with Crippen LogP contribution in [0.15, 0.2) is 30.3 Å². The number of hydrogen-bond acceptors (Lipinski definition) is 2. The van der Waals surface area contributed by atoms with Crippen molar-refractivity contribution < 1.29 is 14.7 Å². The summed E-state index contributed by atoms with van der Waals surface area (Å²) in [6.45, 7) is 0. The zero-order chi connectivity index (χ0) is 12.3. The van der Waals surface area contributed by atoms with Crippen LogP contribution in [0.2, 0.25) is 0 Å². The lowest BCUT2D eigenvalue weighted by atomic mass is 9.75. The highest BCUT2D eigenvalue weighted by atomic mass is 16.4. The van der Waals surface area contributed by atoms with Crippen LogP contribution in [0, 0.1) is 11.8 Å². The van der Waals surface area contributed by atoms with Gasteiger partial charge in [0, 0.05) is 12.8 Å². The normalized spacial score (nSPS) is 24.6. The van der Waals surface area contributed by atoms with Gasteiger partial charge in [0.05, 0.1) is 5.92 Å². The summed E-state index contributed by atoms with van der Waals surface area (Å²) in [5, 5.41) is 9.16. The number of benzene rings is 1. The Morgan fingerprint density at radius 3 is 2.65 bits per heavy atom. The van der Waals surface area contributed by atoms with E-state index < -0.39 is 5.97 Å². The minimum Gasteiger partial charge on any atom is -0.481 e. The van der Waals surface area contributed by atoms with E-state index in [1.807, 2.05) is 30.3 Å². The van der Waals surface area contributed by atoms with E-state index in [0.29, 0.717) is 25.7 Å². The summed E-state index contributed by atoms with van der Waals surface area (Å²) < 4.78 is 0. The molecule has 0 spiro atoms. The highest BCUT2D eigenvalue weighted by Gasteiger charge is 2.33. The highest BCUT2D eigenvalue weighted by Crippen LogP contribution is 2.31. The van der Waals surface area contributed by atoms with Gasteiger partial charge in [-0.05, 0) is 24.3 Å². The molecule has 2 rings (SSSR count). The maximum absolute atomic E-state index is 11.4. The van der Waals surface area contributed by atoms with Crippen LogP contribution in [0.5, 0.6) is 0 Å². The second kappa shape index (κ2) is 5.13. The number of carboxylic acids is 1. The minimum absolute atomic E-state index is 0.0452. The van der Waals surface area contributed by atoms with E-state index >= 15 is 0 Å². The molecule has 1 aromatic carbocycles. The van der Waals surface area contributed by atoms with E-state index in [-0.39, 0.29) is 17.6 Å². The van der Waals surface area contributed by atoms with E-state index in [9.17, 15) is 9.59 Å². The molecule has 0 heterocycles. The standard InChI is InChI=1S/C14H16O3/c15-12-6-7-13(14(16)17)11(9-12)8-10-4-2-1-3-5-10/h1-5,11,13H,6-9H2,(H,16,17)/t11-,13-/m0/s1. The number of carboxylic acid groups (broad SMARTS) is 1. The van der Waals surface area contributed by atoms with Crippen LogP contribution in [0.4, 0.5) is 0 Å². The summed E-state index contributed by atoms with van der Waals surface area (Å²) >= 11 is 0. The van der Waals surface area contributed by atoms with E-state index in [2.05, 4.69) is 0 Å². The summed E-state index contributed by atoms with van der Waals surface area (Å²) in [5.41, 5.74) is 1.11. The van der Waals surface area contributed by atoms with E-state index in [1.165, 1.54) is 0 Å². The second-order valence-electron chi connectivity index (χ2n) is 4.68. The van der Waals surface area contributed by atoms with Crippen LogP contribution in [-0.2, 0) is 16.0 Å². The maximum Gasteiger partial charge on any atom is 0.306 e. The van der Waals surface area contributed by atoms with Crippen molar-refractivity contribution in [1.82, 2.24) is 0 Å². The molecule has 0 unspecified atom stereocenters. The molecular formula is C14H16O3. The predicted octanol–water partition coefficient (Wildman–Crippen LogP) is 2.30. The molecule has 1 aliphatic rings. The van der Waals surface area contributed by atoms with Crippen molar-refractivity contribution >= 4 is 11.8 Å². The third-order valence-corrected chi connectivity index (χ3v) is 3.45. The van der Waals surface area contributed by atoms with Crippen molar-refractivity contribution in [3.63, 3.8) is 0 Å². The van der Waals surface area contributed by atoms with Gasteiger partial charge in [-0.2, -0.15) is 0 Å². The first-order valence-corrected chi connectivity index (χ1v) is 5.95. The number of carbonyl (C=O) groups excluding carboxylic acids is 1. The molecule has 0 aromatic heterocycles. The largest absolute Gasteiger partial charge is 0.481 e. The summed E-state index contributed by atoms with van der Waals surface area (Å²) in [7, 11) is 0. The molecule has 3 heteroatoms. The lowest BCUT2D eigenvalue weighted by Gasteiger charge is -2.27. The van der Waals surface area contributed by atoms with Gasteiger partial charge < -0.3 is 5.11 Å². The molecule has 1 saturated carbocycles. The number of rotatable bonds is 3. The summed E-state index contributed by atoms with van der Waals surface area (Å²) in [4.78, 5) is 22.6. The Labute approximate surface area is 100 Å². The van der Waals surface area contributed by atoms with Gasteiger partial charge in [-0.15, -0.1) is 0 Å². The molecule has 90 valence electrons. The summed E-state index contributed by atoms with van der Waals surface area (Å²) in [6.07, 6.45) is 2.00. The van der Waals surface area contributed by atoms with Gasteiger partial charge in [0.1, 0.15) is 5.78 Å². The Kier molecular flexibility index (Phi) is 3.57. The molecular weight excluding hydrogens is 216 g/mol. The van der Waals surface area contributed by atoms with Crippen molar-refractivity contribution in [2.45, 2.75) is 25.7 Å². The molecule has 1 aromatic rings. The average Bonchev–Trinajstić information content (AvgIpc) is 2.30. The fourth-order valence-electron chi connectivity index (χ4n) is 2.55. The lowest BCUT2D eigenvalue weighted by Crippen LogP contribution is -2.32. The Bertz CT molecular complexity index is 411. The van der Waals surface area contributed by atoms with Gasteiger partial charge in [0.2, 0.25) is 0 Å². The van der Waals surface area contributed by atoms with Crippen LogP contribution in [0.1, 0.15) is 24.8 Å². The Morgan fingerprint density at radius 2 is 2.00 bits per heavy atom. The molecule has 3 nitrogen and oxygen atoms in total. The molecule has 0 bridgehead atoms. The first kappa shape index (κ1) is 11.8. The van der Waals surface area contributed by atoms with Crippen LogP contribution in [0.3, 0.4) is 0 Å². The number of Topliss-reactive ketones (excluding diaryl/α,β-unsaturated/α-hetero) is 1. The Morgan fingerprint density at radius 1 is 1.29 bits per heavy atom. The predicted molar refractivity (Wildman–Crippen MR) is 63.6 cm³/mol. The maximum atomic E-state index is 11.4. The number of aliphatic carboxylic acids is 1. The van der Waals surface area contributed by atoms with Crippen molar-refractivity contribution in [2.24, 2.45) is 11.8 Å². The van der Waals surface area contributed by atoms with Gasteiger partial charge in [-0.3, -0.25) is 9.59 Å². The monoisotopic (exact) mass is 232 g/mol. The summed E-state index contributed by atoms with van der Waals surface area (Å²) in [6, 6.07) is 9.78. The number of ketones is 1. The van der Waals surface area contributed by atoms with E-state index in [0.717, 1.165) is 5.56 Å². The SMILES string of the molecule is O=C1CC[C@H](C(=O)O)[C@@H](Cc2ccccc2)C1. The molecule has 0 saturated heterocycles. The van der Waals surface area contributed by atoms with E-state index in [4.69, 9.17) is 5.11 Å². The van der Waals surface area contributed by atoms with Crippen molar-refractivity contribution in [2.75, 3.05) is 0 Å². The van der Waals surface area contributed by atoms with Crippen LogP contribution >= 0.6 is 0 Å². The van der Waals surface area contributed by atoms with Gasteiger partial charge >= 0.3 is 5.97 Å². The van der Waals surface area contributed by atoms with Gasteiger partial charge in [-0.25, -0.2) is 0 Å². The molecule has 1 fully saturated rings. The fraction of sp³-hybridized carbons (Fsp3) is 0.429. The lowest BCUT2D eigenvalue weighted by molar-refractivity contribution is -0.145. The summed E-state index contributed by atoms with van der Waals surface area (Å²) in [5.74, 6) is -0.981. The van der Waals surface area contributed by atoms with Crippen LogP contribution in [-0.4, -0.2) is 16.9 Å². The molecule has 1 aliphatic carbocycles. The van der Waals surface area contributed by atoms with Crippen molar-refractivity contribution in [1.29, 1.82) is 0 Å². The molecule has 17 heavy (non-hydrogen) atoms. The van der Waals surface area contributed by atoms with Gasteiger partial charge in [0.25, 0.3) is 0 Å². The first-order chi connectivity index (χ1) is 8.16. The zero-order valence-electron chi connectivity index (χ0n) is 9.63. The first-order valence-electron chi connectivity index (χ1n) is 5.95. The van der Waals surface area contributed by atoms with Crippen LogP contribution < -0.4 is 0 Å². The average molecular weight is 232 g/mol. The molecule has 0 radical (unpaired) electrons. The minimum atomic E-state index is -0.765. The Balaban J connectivity index is 2.10. The highest BCUT2D eigenvalue weighted by molar-refractivity contribution is 5.82. The number of carbonyl (C=O) groups is 2. The molecule has 0 amide bonds. The third-order valence-electron chi connectivity index (χ3n) is 3.45. The molecule has 2 atom stereocenters. The van der Waals surface area contributed by atoms with Gasteiger partial charge in [-0.1, -0.05) is 30.3 Å². The van der Waals surface area contributed by atoms with Crippen LogP contribution in [0.25, 0.3) is 0 Å². The number of hydrogen-bond donors (Lipinski definition) is 1. The quantitative estimate of drug-likeness (QED) is 0.870. The molecule has 1 N–H and O–H groups in total. The zero-order valence-corrected chi connectivity index (χ0v) is 9.63. The van der Waals surface area contributed by atoms with Gasteiger partial charge in [0.15, 0.2) is 0 Å². The van der Waals surface area contributed by atoms with Crippen molar-refractivity contribution in [3.8, 4) is 0 Å². The smallest absolute Gasteiger partial charge is 0.306 e. The second-order valence-corrected chi connectivity index (χ2v) is 4.68.